The highest BCUT2D eigenvalue weighted by atomic mass is 14.9. The van der Waals surface area contributed by atoms with Gasteiger partial charge in [0.25, 0.3) is 0 Å². The van der Waals surface area contributed by atoms with Gasteiger partial charge >= 0.3 is 0 Å². The molecule has 1 heteroatoms. The first-order valence-corrected chi connectivity index (χ1v) is 8.51. The van der Waals surface area contributed by atoms with Crippen molar-refractivity contribution in [2.45, 2.75) is 32.1 Å². The van der Waals surface area contributed by atoms with Crippen molar-refractivity contribution in [2.24, 2.45) is 0 Å². The second kappa shape index (κ2) is 6.10. The molecule has 0 bridgehead atoms. The second-order valence-electron chi connectivity index (χ2n) is 6.36. The van der Waals surface area contributed by atoms with Gasteiger partial charge in [0, 0.05) is 0 Å². The quantitative estimate of drug-likeness (QED) is 0.737. The summed E-state index contributed by atoms with van der Waals surface area (Å²) in [7, 11) is 0. The van der Waals surface area contributed by atoms with Crippen LogP contribution >= 0.6 is 0 Å². The summed E-state index contributed by atoms with van der Waals surface area (Å²) in [4.78, 5) is 0. The van der Waals surface area contributed by atoms with Crippen LogP contribution in [0.5, 0.6) is 0 Å². The standard InChI is InChI=1S/C21H23N/c1-2-6-16-10-11-17-7-4-5-9-20(17)21(19(16)8-3-1)18-12-14-22-15-13-18/h1,3-9,22H,2,10-15H2. The molecule has 1 aromatic carbocycles. The van der Waals surface area contributed by atoms with Gasteiger partial charge in [-0.05, 0) is 73.0 Å². The highest BCUT2D eigenvalue weighted by molar-refractivity contribution is 5.88. The average molecular weight is 289 g/mol. The molecule has 0 spiro atoms. The minimum atomic E-state index is 1.07. The summed E-state index contributed by atoms with van der Waals surface area (Å²) in [5.74, 6) is 0. The monoisotopic (exact) mass is 289 g/mol. The molecule has 1 saturated heterocycles. The van der Waals surface area contributed by atoms with Crippen molar-refractivity contribution in [2.75, 3.05) is 13.1 Å². The van der Waals surface area contributed by atoms with Crippen LogP contribution in [0.15, 0.2) is 65.3 Å². The van der Waals surface area contributed by atoms with E-state index >= 15 is 0 Å². The van der Waals surface area contributed by atoms with Gasteiger partial charge in [0.1, 0.15) is 0 Å². The molecule has 0 atom stereocenters. The molecule has 0 aromatic heterocycles. The van der Waals surface area contributed by atoms with Gasteiger partial charge in [-0.1, -0.05) is 54.1 Å². The minimum Gasteiger partial charge on any atom is -0.316 e. The van der Waals surface area contributed by atoms with E-state index in [0.717, 1.165) is 25.9 Å². The maximum atomic E-state index is 3.50. The Labute approximate surface area is 133 Å². The summed E-state index contributed by atoms with van der Waals surface area (Å²) in [6, 6.07) is 9.03. The zero-order chi connectivity index (χ0) is 14.8. The molecule has 1 N–H and O–H groups in total. The van der Waals surface area contributed by atoms with Crippen LogP contribution in [0.25, 0.3) is 5.57 Å². The predicted octanol–water partition coefficient (Wildman–Crippen LogP) is 4.58. The molecule has 3 aliphatic rings. The van der Waals surface area contributed by atoms with Crippen molar-refractivity contribution in [3.05, 3.63) is 76.4 Å². The molecule has 112 valence electrons. The van der Waals surface area contributed by atoms with E-state index in [-0.39, 0.29) is 0 Å². The smallest absolute Gasteiger partial charge is 0.00111 e. The fourth-order valence-corrected chi connectivity index (χ4v) is 3.91. The summed E-state index contributed by atoms with van der Waals surface area (Å²) in [5.41, 5.74) is 9.19. The number of aryl methyl sites for hydroxylation is 1. The molecule has 0 unspecified atom stereocenters. The first-order valence-electron chi connectivity index (χ1n) is 8.51. The highest BCUT2D eigenvalue weighted by Gasteiger charge is 2.23. The van der Waals surface area contributed by atoms with Crippen molar-refractivity contribution in [1.82, 2.24) is 5.32 Å². The zero-order valence-corrected chi connectivity index (χ0v) is 13.1. The molecule has 1 fully saturated rings. The average Bonchev–Trinajstić information content (AvgIpc) is 2.88. The van der Waals surface area contributed by atoms with Gasteiger partial charge in [-0.15, -0.1) is 0 Å². The number of hydrogen-bond donors (Lipinski definition) is 1. The van der Waals surface area contributed by atoms with Crippen LogP contribution in [0.1, 0.15) is 36.8 Å². The van der Waals surface area contributed by atoms with Crippen LogP contribution in [0, 0.1) is 0 Å². The molecule has 1 heterocycles. The lowest BCUT2D eigenvalue weighted by atomic mass is 9.85. The Balaban J connectivity index is 1.95. The predicted molar refractivity (Wildman–Crippen MR) is 93.7 cm³/mol. The third kappa shape index (κ3) is 2.50. The Morgan fingerprint density at radius 1 is 0.909 bits per heavy atom. The highest BCUT2D eigenvalue weighted by Crippen LogP contribution is 2.41. The third-order valence-corrected chi connectivity index (χ3v) is 5.03. The van der Waals surface area contributed by atoms with Crippen molar-refractivity contribution >= 4 is 5.57 Å². The maximum Gasteiger partial charge on any atom is -0.00111 e. The number of piperidine rings is 1. The van der Waals surface area contributed by atoms with Crippen LogP contribution < -0.4 is 5.32 Å². The molecule has 22 heavy (non-hydrogen) atoms. The maximum absolute atomic E-state index is 3.50. The minimum absolute atomic E-state index is 1.07. The van der Waals surface area contributed by atoms with E-state index in [4.69, 9.17) is 0 Å². The summed E-state index contributed by atoms with van der Waals surface area (Å²) in [6.45, 7) is 2.23. The fraction of sp³-hybridized carbons (Fsp3) is 0.333. The zero-order valence-electron chi connectivity index (χ0n) is 13.1. The van der Waals surface area contributed by atoms with Gasteiger partial charge < -0.3 is 5.32 Å². The molecule has 0 amide bonds. The van der Waals surface area contributed by atoms with Gasteiger partial charge in [-0.3, -0.25) is 0 Å². The van der Waals surface area contributed by atoms with E-state index in [0.29, 0.717) is 0 Å². The molecular formula is C21H23N. The number of nitrogens with one attached hydrogen (secondary N) is 1. The molecular weight excluding hydrogens is 266 g/mol. The third-order valence-electron chi connectivity index (χ3n) is 5.03. The summed E-state index contributed by atoms with van der Waals surface area (Å²) < 4.78 is 0. The molecule has 0 radical (unpaired) electrons. The van der Waals surface area contributed by atoms with Gasteiger partial charge in [0.15, 0.2) is 0 Å². The first kappa shape index (κ1) is 13.8. The number of benzene rings is 1. The fourth-order valence-electron chi connectivity index (χ4n) is 3.91. The lowest BCUT2D eigenvalue weighted by molar-refractivity contribution is 0.611. The van der Waals surface area contributed by atoms with Crippen LogP contribution in [-0.4, -0.2) is 13.1 Å². The summed E-state index contributed by atoms with van der Waals surface area (Å²) in [6.07, 6.45) is 15.0. The summed E-state index contributed by atoms with van der Waals surface area (Å²) >= 11 is 0. The van der Waals surface area contributed by atoms with Gasteiger partial charge in [0.05, 0.1) is 0 Å². The van der Waals surface area contributed by atoms with Crippen molar-refractivity contribution in [3.8, 4) is 0 Å². The van der Waals surface area contributed by atoms with E-state index in [2.05, 4.69) is 53.9 Å². The molecule has 2 aliphatic carbocycles. The molecule has 4 rings (SSSR count). The molecule has 1 nitrogen and oxygen atoms in total. The summed E-state index contributed by atoms with van der Waals surface area (Å²) in [5, 5.41) is 3.50. The SMILES string of the molecule is C1=CCC=C2CCc3ccccc3C(=C3CCNCC3)C2=C1. The second-order valence-corrected chi connectivity index (χ2v) is 6.36. The number of fused-ring (bicyclic) bond motifs is 2. The van der Waals surface area contributed by atoms with Crippen LogP contribution in [0.3, 0.4) is 0 Å². The van der Waals surface area contributed by atoms with E-state index in [1.165, 1.54) is 41.5 Å². The number of rotatable bonds is 0. The van der Waals surface area contributed by atoms with Gasteiger partial charge in [-0.25, -0.2) is 0 Å². The number of allylic oxidation sites excluding steroid dienone is 7. The van der Waals surface area contributed by atoms with E-state index in [9.17, 15) is 0 Å². The van der Waals surface area contributed by atoms with Gasteiger partial charge in [-0.2, -0.15) is 0 Å². The Bertz CT molecular complexity index is 692. The largest absolute Gasteiger partial charge is 0.316 e. The van der Waals surface area contributed by atoms with Crippen molar-refractivity contribution in [1.29, 1.82) is 0 Å². The topological polar surface area (TPSA) is 12.0 Å². The molecule has 1 aromatic rings. The first-order chi connectivity index (χ1) is 10.9. The van der Waals surface area contributed by atoms with Gasteiger partial charge in [0.2, 0.25) is 0 Å². The van der Waals surface area contributed by atoms with Crippen LogP contribution in [0.4, 0.5) is 0 Å². The van der Waals surface area contributed by atoms with Crippen molar-refractivity contribution < 1.29 is 0 Å². The van der Waals surface area contributed by atoms with Crippen molar-refractivity contribution in [3.63, 3.8) is 0 Å². The van der Waals surface area contributed by atoms with Crippen LogP contribution in [0.2, 0.25) is 0 Å². The lowest BCUT2D eigenvalue weighted by Gasteiger charge is -2.23. The van der Waals surface area contributed by atoms with Crippen LogP contribution in [-0.2, 0) is 6.42 Å². The normalized spacial score (nSPS) is 21.3. The molecule has 1 aliphatic heterocycles. The lowest BCUT2D eigenvalue weighted by Crippen LogP contribution is -2.24. The van der Waals surface area contributed by atoms with E-state index in [1.807, 2.05) is 0 Å². The van der Waals surface area contributed by atoms with E-state index < -0.39 is 0 Å². The Morgan fingerprint density at radius 2 is 1.77 bits per heavy atom. The molecule has 0 saturated carbocycles. The Morgan fingerprint density at radius 3 is 2.68 bits per heavy atom. The Kier molecular flexibility index (Phi) is 3.82. The van der Waals surface area contributed by atoms with E-state index in [1.54, 1.807) is 11.1 Å². The Hall–Kier alpha value is -1.86. The number of hydrogen-bond acceptors (Lipinski definition) is 1.